The molecule has 1 aromatic rings. The standard InChI is InChI=1S/C12H20N2O/c1-2-9-14-11(7-8-13-14)12(15)6-5-10-3-4-10/h7-8,10,12,15H,2-6,9H2,1H3. The van der Waals surface area contributed by atoms with E-state index in [0.717, 1.165) is 31.0 Å². The number of nitrogens with zero attached hydrogens (tertiary/aromatic N) is 2. The number of hydrogen-bond donors (Lipinski definition) is 1. The van der Waals surface area contributed by atoms with Crippen LogP contribution < -0.4 is 0 Å². The summed E-state index contributed by atoms with van der Waals surface area (Å²) in [6.07, 6.45) is 7.30. The van der Waals surface area contributed by atoms with Crippen molar-refractivity contribution >= 4 is 0 Å². The normalized spacial score (nSPS) is 18.0. The Bertz CT molecular complexity index is 304. The Morgan fingerprint density at radius 3 is 3.07 bits per heavy atom. The van der Waals surface area contributed by atoms with Crippen molar-refractivity contribution in [3.05, 3.63) is 18.0 Å². The third kappa shape index (κ3) is 2.81. The molecular weight excluding hydrogens is 188 g/mol. The van der Waals surface area contributed by atoms with Crippen molar-refractivity contribution in [2.24, 2.45) is 5.92 Å². The van der Waals surface area contributed by atoms with E-state index in [4.69, 9.17) is 0 Å². The van der Waals surface area contributed by atoms with E-state index in [0.29, 0.717) is 0 Å². The minimum absolute atomic E-state index is 0.320. The first-order valence-corrected chi connectivity index (χ1v) is 6.01. The van der Waals surface area contributed by atoms with Crippen molar-refractivity contribution < 1.29 is 5.11 Å². The zero-order chi connectivity index (χ0) is 10.7. The van der Waals surface area contributed by atoms with Gasteiger partial charge in [0, 0.05) is 12.7 Å². The Labute approximate surface area is 91.1 Å². The molecule has 2 rings (SSSR count). The summed E-state index contributed by atoms with van der Waals surface area (Å²) < 4.78 is 1.93. The van der Waals surface area contributed by atoms with Gasteiger partial charge in [-0.2, -0.15) is 5.10 Å². The molecule has 0 saturated heterocycles. The largest absolute Gasteiger partial charge is 0.387 e. The average molecular weight is 208 g/mol. The fraction of sp³-hybridized carbons (Fsp3) is 0.750. The van der Waals surface area contributed by atoms with Crippen LogP contribution in [0.1, 0.15) is 50.8 Å². The van der Waals surface area contributed by atoms with Gasteiger partial charge in [0.2, 0.25) is 0 Å². The minimum Gasteiger partial charge on any atom is -0.387 e. The van der Waals surface area contributed by atoms with Gasteiger partial charge in [-0.15, -0.1) is 0 Å². The molecule has 84 valence electrons. The Kier molecular flexibility index (Phi) is 3.41. The van der Waals surface area contributed by atoms with E-state index in [-0.39, 0.29) is 6.10 Å². The predicted molar refractivity (Wildman–Crippen MR) is 59.4 cm³/mol. The Morgan fingerprint density at radius 2 is 2.40 bits per heavy atom. The third-order valence-electron chi connectivity index (χ3n) is 3.07. The summed E-state index contributed by atoms with van der Waals surface area (Å²) in [6, 6.07) is 1.94. The van der Waals surface area contributed by atoms with Crippen LogP contribution in [0.4, 0.5) is 0 Å². The summed E-state index contributed by atoms with van der Waals surface area (Å²) >= 11 is 0. The van der Waals surface area contributed by atoms with E-state index in [2.05, 4.69) is 12.0 Å². The van der Waals surface area contributed by atoms with E-state index >= 15 is 0 Å². The maximum absolute atomic E-state index is 10.0. The molecule has 3 heteroatoms. The van der Waals surface area contributed by atoms with Crippen LogP contribution in [-0.2, 0) is 6.54 Å². The number of hydrogen-bond acceptors (Lipinski definition) is 2. The molecule has 1 N–H and O–H groups in total. The number of aromatic nitrogens is 2. The highest BCUT2D eigenvalue weighted by Gasteiger charge is 2.23. The summed E-state index contributed by atoms with van der Waals surface area (Å²) in [5, 5.41) is 14.3. The molecule has 1 aliphatic carbocycles. The van der Waals surface area contributed by atoms with Crippen molar-refractivity contribution in [2.75, 3.05) is 0 Å². The quantitative estimate of drug-likeness (QED) is 0.780. The molecular formula is C12H20N2O. The van der Waals surface area contributed by atoms with Gasteiger partial charge in [-0.1, -0.05) is 19.8 Å². The summed E-state index contributed by atoms with van der Waals surface area (Å²) in [6.45, 7) is 3.03. The maximum atomic E-state index is 10.0. The summed E-state index contributed by atoms with van der Waals surface area (Å²) in [5.74, 6) is 0.891. The SMILES string of the molecule is CCCn1nccc1C(O)CCC1CC1. The van der Waals surface area contributed by atoms with Crippen LogP contribution in [0.15, 0.2) is 12.3 Å². The highest BCUT2D eigenvalue weighted by molar-refractivity contribution is 5.04. The van der Waals surface area contributed by atoms with Crippen LogP contribution in [0.3, 0.4) is 0 Å². The van der Waals surface area contributed by atoms with Gasteiger partial charge in [0.05, 0.1) is 11.8 Å². The van der Waals surface area contributed by atoms with Gasteiger partial charge in [0.1, 0.15) is 0 Å². The number of rotatable bonds is 6. The number of aliphatic hydroxyl groups is 1. The minimum atomic E-state index is -0.320. The van der Waals surface area contributed by atoms with E-state index < -0.39 is 0 Å². The second-order valence-electron chi connectivity index (χ2n) is 4.52. The molecule has 0 amide bonds. The molecule has 3 nitrogen and oxygen atoms in total. The van der Waals surface area contributed by atoms with Crippen LogP contribution >= 0.6 is 0 Å². The predicted octanol–water partition coefficient (Wildman–Crippen LogP) is 2.52. The lowest BCUT2D eigenvalue weighted by molar-refractivity contribution is 0.151. The van der Waals surface area contributed by atoms with Gasteiger partial charge in [0.25, 0.3) is 0 Å². The van der Waals surface area contributed by atoms with Crippen LogP contribution in [0.5, 0.6) is 0 Å². The molecule has 1 saturated carbocycles. The van der Waals surface area contributed by atoms with Crippen molar-refractivity contribution in [1.82, 2.24) is 9.78 Å². The highest BCUT2D eigenvalue weighted by Crippen LogP contribution is 2.35. The molecule has 15 heavy (non-hydrogen) atoms. The van der Waals surface area contributed by atoms with Crippen LogP contribution in [0.25, 0.3) is 0 Å². The second-order valence-corrected chi connectivity index (χ2v) is 4.52. The number of aliphatic hydroxyl groups excluding tert-OH is 1. The molecule has 0 aromatic carbocycles. The van der Waals surface area contributed by atoms with Gasteiger partial charge >= 0.3 is 0 Å². The molecule has 0 radical (unpaired) electrons. The monoisotopic (exact) mass is 208 g/mol. The van der Waals surface area contributed by atoms with Gasteiger partial charge < -0.3 is 5.11 Å². The Hall–Kier alpha value is -0.830. The van der Waals surface area contributed by atoms with Gasteiger partial charge in [-0.25, -0.2) is 0 Å². The Balaban J connectivity index is 1.90. The smallest absolute Gasteiger partial charge is 0.0956 e. The first kappa shape index (κ1) is 10.7. The average Bonchev–Trinajstić information content (AvgIpc) is 2.95. The second kappa shape index (κ2) is 4.79. The van der Waals surface area contributed by atoms with E-state index in [1.807, 2.05) is 10.7 Å². The molecule has 1 unspecified atom stereocenters. The lowest BCUT2D eigenvalue weighted by Gasteiger charge is -2.12. The molecule has 1 aliphatic rings. The zero-order valence-electron chi connectivity index (χ0n) is 9.39. The summed E-state index contributed by atoms with van der Waals surface area (Å²) in [5.41, 5.74) is 0.984. The van der Waals surface area contributed by atoms with Gasteiger partial charge in [-0.3, -0.25) is 4.68 Å². The molecule has 1 fully saturated rings. The Morgan fingerprint density at radius 1 is 1.60 bits per heavy atom. The zero-order valence-corrected chi connectivity index (χ0v) is 9.39. The van der Waals surface area contributed by atoms with Crippen molar-refractivity contribution in [3.63, 3.8) is 0 Å². The van der Waals surface area contributed by atoms with Crippen molar-refractivity contribution in [1.29, 1.82) is 0 Å². The molecule has 1 aromatic heterocycles. The summed E-state index contributed by atoms with van der Waals surface area (Å²) in [4.78, 5) is 0. The van der Waals surface area contributed by atoms with E-state index in [9.17, 15) is 5.11 Å². The van der Waals surface area contributed by atoms with E-state index in [1.54, 1.807) is 6.20 Å². The third-order valence-corrected chi connectivity index (χ3v) is 3.07. The first-order chi connectivity index (χ1) is 7.31. The van der Waals surface area contributed by atoms with Crippen LogP contribution in [0, 0.1) is 5.92 Å². The molecule has 0 bridgehead atoms. The molecule has 1 heterocycles. The van der Waals surface area contributed by atoms with Gasteiger partial charge in [-0.05, 0) is 31.2 Å². The summed E-state index contributed by atoms with van der Waals surface area (Å²) in [7, 11) is 0. The van der Waals surface area contributed by atoms with E-state index in [1.165, 1.54) is 19.3 Å². The maximum Gasteiger partial charge on any atom is 0.0956 e. The first-order valence-electron chi connectivity index (χ1n) is 6.01. The molecule has 1 atom stereocenters. The van der Waals surface area contributed by atoms with Crippen LogP contribution in [-0.4, -0.2) is 14.9 Å². The fourth-order valence-corrected chi connectivity index (χ4v) is 1.97. The number of aryl methyl sites for hydroxylation is 1. The topological polar surface area (TPSA) is 38.0 Å². The highest BCUT2D eigenvalue weighted by atomic mass is 16.3. The molecule has 0 spiro atoms. The fourth-order valence-electron chi connectivity index (χ4n) is 1.97. The lowest BCUT2D eigenvalue weighted by Crippen LogP contribution is -2.09. The van der Waals surface area contributed by atoms with Crippen LogP contribution in [0.2, 0.25) is 0 Å². The van der Waals surface area contributed by atoms with Crippen molar-refractivity contribution in [3.8, 4) is 0 Å². The lowest BCUT2D eigenvalue weighted by atomic mass is 10.1. The van der Waals surface area contributed by atoms with Gasteiger partial charge in [0.15, 0.2) is 0 Å². The molecule has 0 aliphatic heterocycles. The van der Waals surface area contributed by atoms with Crippen molar-refractivity contribution in [2.45, 2.75) is 51.7 Å².